The minimum absolute atomic E-state index is 0.0951. The molecule has 104 valence electrons. The van der Waals surface area contributed by atoms with Crippen LogP contribution in [0.3, 0.4) is 0 Å². The summed E-state index contributed by atoms with van der Waals surface area (Å²) in [5.74, 6) is -1.71. The van der Waals surface area contributed by atoms with Gasteiger partial charge in [0.05, 0.1) is 11.1 Å². The van der Waals surface area contributed by atoms with Gasteiger partial charge in [-0.1, -0.05) is 17.0 Å². The van der Waals surface area contributed by atoms with Gasteiger partial charge >= 0.3 is 11.9 Å². The van der Waals surface area contributed by atoms with Gasteiger partial charge in [0.25, 0.3) is 0 Å². The average Bonchev–Trinajstić information content (AvgIpc) is 2.91. The summed E-state index contributed by atoms with van der Waals surface area (Å²) in [5.41, 5.74) is 1.48. The van der Waals surface area contributed by atoms with Crippen LogP contribution in [0.5, 0.6) is 0 Å². The first-order valence-electron chi connectivity index (χ1n) is 6.01. The van der Waals surface area contributed by atoms with Crippen molar-refractivity contribution in [3.63, 3.8) is 0 Å². The number of rotatable bonds is 3. The first kappa shape index (κ1) is 12.8. The molecule has 0 aliphatic rings. The Hall–Kier alpha value is -3.22. The predicted molar refractivity (Wildman–Crippen MR) is 71.8 cm³/mol. The number of carboxylic acids is 1. The molecule has 0 unspecified atom stereocenters. The molecular formula is C14H9N3O4. The molecule has 1 heterocycles. The molecule has 7 nitrogen and oxygen atoms in total. The van der Waals surface area contributed by atoms with E-state index in [9.17, 15) is 9.59 Å². The van der Waals surface area contributed by atoms with Gasteiger partial charge in [-0.3, -0.25) is 0 Å². The zero-order valence-corrected chi connectivity index (χ0v) is 10.6. The van der Waals surface area contributed by atoms with Crippen molar-refractivity contribution in [2.75, 3.05) is 0 Å². The third-order valence-corrected chi connectivity index (χ3v) is 2.86. The molecule has 1 N–H and O–H groups in total. The maximum absolute atomic E-state index is 12.0. The summed E-state index contributed by atoms with van der Waals surface area (Å²) in [6.45, 7) is 0. The van der Waals surface area contributed by atoms with E-state index < -0.39 is 11.9 Å². The number of para-hydroxylation sites is 1. The zero-order chi connectivity index (χ0) is 14.8. The highest BCUT2D eigenvalue weighted by molar-refractivity contribution is 5.93. The van der Waals surface area contributed by atoms with Gasteiger partial charge < -0.3 is 9.94 Å². The number of aromatic carboxylic acids is 1. The minimum atomic E-state index is -1.06. The zero-order valence-electron chi connectivity index (χ0n) is 10.6. The number of fused-ring (bicyclic) bond motifs is 1. The summed E-state index contributed by atoms with van der Waals surface area (Å²) in [5, 5.41) is 16.4. The lowest BCUT2D eigenvalue weighted by molar-refractivity contribution is 0.0408. The number of carbonyl (C=O) groups is 2. The number of nitrogens with zero attached hydrogens (tertiary/aromatic N) is 3. The first-order chi connectivity index (χ1) is 10.1. The fraction of sp³-hybridized carbons (Fsp3) is 0. The summed E-state index contributed by atoms with van der Waals surface area (Å²) < 4.78 is 0. The molecule has 3 aromatic rings. The van der Waals surface area contributed by atoms with Crippen LogP contribution in [0.4, 0.5) is 0 Å². The molecule has 21 heavy (non-hydrogen) atoms. The Morgan fingerprint density at radius 3 is 2.38 bits per heavy atom. The largest absolute Gasteiger partial charge is 0.478 e. The molecule has 0 atom stereocenters. The van der Waals surface area contributed by atoms with Gasteiger partial charge in [-0.15, -0.1) is 5.10 Å². The van der Waals surface area contributed by atoms with E-state index >= 15 is 0 Å². The molecule has 0 saturated carbocycles. The van der Waals surface area contributed by atoms with Crippen LogP contribution in [0.1, 0.15) is 20.7 Å². The molecule has 7 heteroatoms. The number of aromatic nitrogens is 3. The second-order valence-corrected chi connectivity index (χ2v) is 4.21. The van der Waals surface area contributed by atoms with Crippen LogP contribution in [0.25, 0.3) is 11.0 Å². The molecule has 0 radical (unpaired) electrons. The van der Waals surface area contributed by atoms with E-state index in [1.165, 1.54) is 24.3 Å². The van der Waals surface area contributed by atoms with Crippen LogP contribution in [-0.4, -0.2) is 32.2 Å². The van der Waals surface area contributed by atoms with E-state index in [-0.39, 0.29) is 11.1 Å². The van der Waals surface area contributed by atoms with Crippen molar-refractivity contribution >= 4 is 23.0 Å². The maximum Gasteiger partial charge on any atom is 0.365 e. The third-order valence-electron chi connectivity index (χ3n) is 2.86. The van der Waals surface area contributed by atoms with E-state index in [1.807, 2.05) is 0 Å². The molecule has 0 saturated heterocycles. The van der Waals surface area contributed by atoms with Crippen LogP contribution < -0.4 is 4.84 Å². The Kier molecular flexibility index (Phi) is 3.07. The topological polar surface area (TPSA) is 94.3 Å². The third kappa shape index (κ3) is 2.44. The minimum Gasteiger partial charge on any atom is -0.478 e. The number of hydrogen-bond donors (Lipinski definition) is 1. The highest BCUT2D eigenvalue weighted by Gasteiger charge is 2.13. The van der Waals surface area contributed by atoms with Gasteiger partial charge in [-0.25, -0.2) is 9.59 Å². The molecule has 2 aromatic carbocycles. The molecule has 0 spiro atoms. The van der Waals surface area contributed by atoms with Gasteiger partial charge in [-0.05, 0) is 41.6 Å². The highest BCUT2D eigenvalue weighted by Crippen LogP contribution is 2.10. The number of benzene rings is 2. The van der Waals surface area contributed by atoms with Crippen LogP contribution in [0, 0.1) is 0 Å². The monoisotopic (exact) mass is 283 g/mol. The molecular weight excluding hydrogens is 274 g/mol. The maximum atomic E-state index is 12.0. The smallest absolute Gasteiger partial charge is 0.365 e. The second-order valence-electron chi connectivity index (χ2n) is 4.21. The fourth-order valence-corrected chi connectivity index (χ4v) is 1.80. The Bertz CT molecular complexity index is 824. The van der Waals surface area contributed by atoms with Crippen molar-refractivity contribution in [3.8, 4) is 0 Å². The first-order valence-corrected chi connectivity index (χ1v) is 6.01. The molecule has 0 aliphatic heterocycles. The van der Waals surface area contributed by atoms with Gasteiger partial charge in [0.15, 0.2) is 0 Å². The Labute approximate surface area is 118 Å². The quantitative estimate of drug-likeness (QED) is 0.730. The summed E-state index contributed by atoms with van der Waals surface area (Å²) >= 11 is 0. The van der Waals surface area contributed by atoms with Crippen LogP contribution in [-0.2, 0) is 0 Å². The average molecular weight is 283 g/mol. The summed E-state index contributed by atoms with van der Waals surface area (Å²) in [6, 6.07) is 12.5. The molecule has 3 rings (SSSR count). The lowest BCUT2D eigenvalue weighted by atomic mass is 10.1. The summed E-state index contributed by atoms with van der Waals surface area (Å²) in [7, 11) is 0. The lowest BCUT2D eigenvalue weighted by Gasteiger charge is -2.03. The number of hydrogen-bond acceptors (Lipinski definition) is 5. The molecule has 1 aromatic heterocycles. The van der Waals surface area contributed by atoms with Crippen LogP contribution >= 0.6 is 0 Å². The normalized spacial score (nSPS) is 10.5. The lowest BCUT2D eigenvalue weighted by Crippen LogP contribution is -2.21. The van der Waals surface area contributed by atoms with E-state index in [2.05, 4.69) is 10.3 Å². The Morgan fingerprint density at radius 2 is 1.67 bits per heavy atom. The van der Waals surface area contributed by atoms with Crippen molar-refractivity contribution in [1.29, 1.82) is 0 Å². The van der Waals surface area contributed by atoms with Crippen LogP contribution in [0.2, 0.25) is 0 Å². The Balaban J connectivity index is 1.84. The van der Waals surface area contributed by atoms with Crippen molar-refractivity contribution in [3.05, 3.63) is 59.7 Å². The standard InChI is InChI=1S/C14H9N3O4/c18-13(19)9-5-7-10(8-6-9)14(20)21-17-12-4-2-1-3-11(12)15-16-17/h1-8H,(H,18,19). The highest BCUT2D eigenvalue weighted by atomic mass is 16.7. The number of carbonyl (C=O) groups excluding carboxylic acids is 1. The summed E-state index contributed by atoms with van der Waals surface area (Å²) in [4.78, 5) is 28.9. The van der Waals surface area contributed by atoms with E-state index in [0.717, 1.165) is 4.85 Å². The SMILES string of the molecule is O=C(O)c1ccc(C(=O)On2nnc3ccccc32)cc1. The summed E-state index contributed by atoms with van der Waals surface area (Å²) in [6.07, 6.45) is 0. The molecule has 0 bridgehead atoms. The predicted octanol–water partition coefficient (Wildman–Crippen LogP) is 1.40. The van der Waals surface area contributed by atoms with Gasteiger partial charge in [0.2, 0.25) is 0 Å². The van der Waals surface area contributed by atoms with Gasteiger partial charge in [0, 0.05) is 0 Å². The van der Waals surface area contributed by atoms with Crippen molar-refractivity contribution < 1.29 is 19.5 Å². The van der Waals surface area contributed by atoms with Crippen molar-refractivity contribution in [2.45, 2.75) is 0 Å². The van der Waals surface area contributed by atoms with Gasteiger partial charge in [-0.2, -0.15) is 0 Å². The van der Waals surface area contributed by atoms with Gasteiger partial charge in [0.1, 0.15) is 11.0 Å². The molecule has 0 amide bonds. The second kappa shape index (κ2) is 5.04. The Morgan fingerprint density at radius 1 is 1.00 bits per heavy atom. The van der Waals surface area contributed by atoms with Crippen molar-refractivity contribution in [2.24, 2.45) is 0 Å². The van der Waals surface area contributed by atoms with E-state index in [0.29, 0.717) is 11.0 Å². The number of carboxylic acid groups (broad SMARTS) is 1. The van der Waals surface area contributed by atoms with E-state index in [1.54, 1.807) is 24.3 Å². The molecule has 0 fully saturated rings. The van der Waals surface area contributed by atoms with Crippen molar-refractivity contribution in [1.82, 2.24) is 15.2 Å². The molecule has 0 aliphatic carbocycles. The fourth-order valence-electron chi connectivity index (χ4n) is 1.80. The van der Waals surface area contributed by atoms with Crippen LogP contribution in [0.15, 0.2) is 48.5 Å². The van der Waals surface area contributed by atoms with E-state index in [4.69, 9.17) is 9.94 Å².